The number of amides is 1. The summed E-state index contributed by atoms with van der Waals surface area (Å²) < 4.78 is 33.4. The van der Waals surface area contributed by atoms with E-state index >= 15 is 0 Å². The highest BCUT2D eigenvalue weighted by atomic mass is 19.2. The Kier molecular flexibility index (Phi) is 9.38. The van der Waals surface area contributed by atoms with Gasteiger partial charge in [-0.25, -0.2) is 18.7 Å². The van der Waals surface area contributed by atoms with E-state index in [-0.39, 0.29) is 18.7 Å². The lowest BCUT2D eigenvalue weighted by Crippen LogP contribution is -2.46. The van der Waals surface area contributed by atoms with Crippen LogP contribution in [0.3, 0.4) is 0 Å². The molecule has 2 aliphatic rings. The molecule has 2 aromatic carbocycles. The molecule has 1 saturated heterocycles. The molecule has 12 heteroatoms. The molecule has 1 saturated carbocycles. The molecule has 2 aromatic heterocycles. The van der Waals surface area contributed by atoms with Gasteiger partial charge in [0.15, 0.2) is 11.6 Å². The van der Waals surface area contributed by atoms with E-state index in [1.807, 2.05) is 18.2 Å². The molecular weight excluding hydrogens is 580 g/mol. The number of hydrogen-bond donors (Lipinski definition) is 2. The van der Waals surface area contributed by atoms with E-state index in [2.05, 4.69) is 37.3 Å². The predicted molar refractivity (Wildman–Crippen MR) is 165 cm³/mol. The van der Waals surface area contributed by atoms with Gasteiger partial charge in [-0.2, -0.15) is 0 Å². The molecule has 1 aliphatic carbocycles. The summed E-state index contributed by atoms with van der Waals surface area (Å²) in [7, 11) is 0. The molecule has 3 heterocycles. The molecule has 10 nitrogen and oxygen atoms in total. The van der Waals surface area contributed by atoms with Crippen molar-refractivity contribution < 1.29 is 18.3 Å². The van der Waals surface area contributed by atoms with E-state index in [1.54, 1.807) is 6.20 Å². The summed E-state index contributed by atoms with van der Waals surface area (Å²) in [5, 5.41) is 6.17. The largest absolute Gasteiger partial charge is 0.379 e. The monoisotopic (exact) mass is 613 g/mol. The number of benzene rings is 2. The number of nitrogens with one attached hydrogen (secondary N) is 2. The van der Waals surface area contributed by atoms with Crippen LogP contribution in [0.2, 0.25) is 0 Å². The maximum absolute atomic E-state index is 13.6. The molecule has 0 unspecified atom stereocenters. The molecule has 4 aromatic rings. The van der Waals surface area contributed by atoms with Crippen molar-refractivity contribution in [3.8, 4) is 11.8 Å². The van der Waals surface area contributed by atoms with Crippen LogP contribution in [-0.4, -0.2) is 75.3 Å². The maximum Gasteiger partial charge on any atom is 0.266 e. The van der Waals surface area contributed by atoms with Crippen LogP contribution in [0.4, 0.5) is 14.6 Å². The van der Waals surface area contributed by atoms with Gasteiger partial charge in [0, 0.05) is 36.9 Å². The van der Waals surface area contributed by atoms with E-state index in [4.69, 9.17) is 9.72 Å². The minimum Gasteiger partial charge on any atom is -0.379 e. The second kappa shape index (κ2) is 13.9. The first-order valence-electron chi connectivity index (χ1n) is 15.0. The molecule has 45 heavy (non-hydrogen) atoms. The minimum atomic E-state index is -1.02. The number of ether oxygens (including phenoxy) is 1. The van der Waals surface area contributed by atoms with E-state index in [1.165, 1.54) is 12.4 Å². The fourth-order valence-corrected chi connectivity index (χ4v) is 5.82. The Morgan fingerprint density at radius 1 is 1.00 bits per heavy atom. The van der Waals surface area contributed by atoms with Crippen LogP contribution < -0.4 is 16.2 Å². The molecule has 2 N–H and O–H groups in total. The zero-order chi connectivity index (χ0) is 31.2. The Morgan fingerprint density at radius 3 is 2.62 bits per heavy atom. The Morgan fingerprint density at radius 2 is 1.82 bits per heavy atom. The topological polar surface area (TPSA) is 114 Å². The van der Waals surface area contributed by atoms with E-state index in [0.29, 0.717) is 23.2 Å². The molecule has 0 spiro atoms. The predicted octanol–water partition coefficient (Wildman–Crippen LogP) is 3.35. The number of carbonyl (C=O) groups excluding carboxylic acids is 1. The first-order chi connectivity index (χ1) is 21.9. The van der Waals surface area contributed by atoms with Crippen molar-refractivity contribution in [2.45, 2.75) is 44.3 Å². The first-order valence-corrected chi connectivity index (χ1v) is 15.0. The van der Waals surface area contributed by atoms with Crippen molar-refractivity contribution in [1.29, 1.82) is 0 Å². The average molecular weight is 614 g/mol. The number of aromatic nitrogens is 4. The van der Waals surface area contributed by atoms with Crippen LogP contribution >= 0.6 is 0 Å². The van der Waals surface area contributed by atoms with Crippen molar-refractivity contribution in [3.05, 3.63) is 93.8 Å². The lowest BCUT2D eigenvalue weighted by molar-refractivity contribution is 0.00790. The molecule has 1 aliphatic heterocycles. The minimum absolute atomic E-state index is 0.00518. The maximum atomic E-state index is 13.6. The third-order valence-corrected chi connectivity index (χ3v) is 8.21. The standard InChI is InChI=1S/C33H33F2N7O3/c34-27-9-3-23(16-28(27)35)20-42-21-36-18-26(33(42)44)32(43)37-11-1-2-22-4-10-29-30(17-22)40-31(19-38-29)39-24-5-7-25(8-6-24)41-12-14-45-15-13-41/h3-4,9-10,16-19,21,24-25H,5-8,11-15,20H2,(H,37,43)(H,39,40). The fraction of sp³-hybridized carbons (Fsp3) is 0.364. The molecule has 6 rings (SSSR count). The number of rotatable bonds is 7. The highest BCUT2D eigenvalue weighted by Gasteiger charge is 2.27. The summed E-state index contributed by atoms with van der Waals surface area (Å²) in [6, 6.07) is 9.88. The summed E-state index contributed by atoms with van der Waals surface area (Å²) >= 11 is 0. The second-order valence-electron chi connectivity index (χ2n) is 11.2. The van der Waals surface area contributed by atoms with Gasteiger partial charge in [-0.15, -0.1) is 0 Å². The van der Waals surface area contributed by atoms with Crippen molar-refractivity contribution in [1.82, 2.24) is 29.7 Å². The van der Waals surface area contributed by atoms with Gasteiger partial charge in [0.05, 0.1) is 49.9 Å². The van der Waals surface area contributed by atoms with Crippen molar-refractivity contribution >= 4 is 22.8 Å². The summed E-state index contributed by atoms with van der Waals surface area (Å²) in [6.45, 7) is 3.62. The van der Waals surface area contributed by atoms with Gasteiger partial charge < -0.3 is 15.4 Å². The van der Waals surface area contributed by atoms with E-state index in [9.17, 15) is 18.4 Å². The number of nitrogens with zero attached hydrogens (tertiary/aromatic N) is 5. The molecule has 2 fully saturated rings. The Balaban J connectivity index is 1.04. The van der Waals surface area contributed by atoms with Gasteiger partial charge in [0.25, 0.3) is 11.5 Å². The Hall–Kier alpha value is -4.73. The highest BCUT2D eigenvalue weighted by Crippen LogP contribution is 2.26. The summed E-state index contributed by atoms with van der Waals surface area (Å²) in [5.41, 5.74) is 1.75. The third-order valence-electron chi connectivity index (χ3n) is 8.21. The molecule has 0 bridgehead atoms. The summed E-state index contributed by atoms with van der Waals surface area (Å²) in [5.74, 6) is 4.01. The van der Waals surface area contributed by atoms with Crippen molar-refractivity contribution in [2.24, 2.45) is 0 Å². The fourth-order valence-electron chi connectivity index (χ4n) is 5.82. The molecule has 0 atom stereocenters. The Labute approximate surface area is 258 Å². The molecule has 0 radical (unpaired) electrons. The van der Waals surface area contributed by atoms with Crippen LogP contribution in [0, 0.1) is 23.5 Å². The van der Waals surface area contributed by atoms with Gasteiger partial charge in [-0.05, 0) is 61.6 Å². The van der Waals surface area contributed by atoms with Gasteiger partial charge in [0.2, 0.25) is 0 Å². The van der Waals surface area contributed by atoms with E-state index < -0.39 is 23.1 Å². The molecule has 1 amide bonds. The van der Waals surface area contributed by atoms with Gasteiger partial charge >= 0.3 is 0 Å². The van der Waals surface area contributed by atoms with Crippen LogP contribution in [0.5, 0.6) is 0 Å². The SMILES string of the molecule is O=C(NCC#Cc1ccc2ncc(NC3CCC(N4CCOCC4)CC3)nc2c1)c1cncn(Cc2ccc(F)c(F)c2)c1=O. The average Bonchev–Trinajstić information content (AvgIpc) is 3.06. The number of halogens is 2. The van der Waals surface area contributed by atoms with Crippen LogP contribution in [0.1, 0.15) is 47.2 Å². The normalized spacial score (nSPS) is 18.6. The number of hydrogen-bond acceptors (Lipinski definition) is 8. The number of anilines is 1. The smallest absolute Gasteiger partial charge is 0.266 e. The van der Waals surface area contributed by atoms with Gasteiger partial charge in [-0.1, -0.05) is 17.9 Å². The number of fused-ring (bicyclic) bond motifs is 1. The quantitative estimate of drug-likeness (QED) is 0.305. The van der Waals surface area contributed by atoms with Crippen LogP contribution in [0.25, 0.3) is 11.0 Å². The first kappa shape index (κ1) is 30.3. The number of carbonyl (C=O) groups is 1. The van der Waals surface area contributed by atoms with Crippen molar-refractivity contribution in [3.63, 3.8) is 0 Å². The molecule has 232 valence electrons. The number of morpholine rings is 1. The van der Waals surface area contributed by atoms with Gasteiger partial charge in [-0.3, -0.25) is 24.0 Å². The highest BCUT2D eigenvalue weighted by molar-refractivity contribution is 5.93. The van der Waals surface area contributed by atoms with Crippen molar-refractivity contribution in [2.75, 3.05) is 38.2 Å². The zero-order valence-corrected chi connectivity index (χ0v) is 24.6. The molecular formula is C33H33F2N7O3. The summed E-state index contributed by atoms with van der Waals surface area (Å²) in [4.78, 5) is 41.3. The third kappa shape index (κ3) is 7.50. The lowest BCUT2D eigenvalue weighted by Gasteiger charge is -2.39. The zero-order valence-electron chi connectivity index (χ0n) is 24.6. The van der Waals surface area contributed by atoms with Crippen LogP contribution in [-0.2, 0) is 11.3 Å². The Bertz CT molecular complexity index is 1810. The lowest BCUT2D eigenvalue weighted by atomic mass is 9.90. The van der Waals surface area contributed by atoms with Crippen LogP contribution in [0.15, 0.2) is 59.9 Å². The van der Waals surface area contributed by atoms with E-state index in [0.717, 1.165) is 91.7 Å². The second-order valence-corrected chi connectivity index (χ2v) is 11.2. The summed E-state index contributed by atoms with van der Waals surface area (Å²) in [6.07, 6.45) is 8.64. The van der Waals surface area contributed by atoms with Gasteiger partial charge in [0.1, 0.15) is 11.4 Å².